The molecule has 0 radical (unpaired) electrons. The summed E-state index contributed by atoms with van der Waals surface area (Å²) in [5.74, 6) is -0.835. The maximum absolute atomic E-state index is 9.99. The first kappa shape index (κ1) is 12.3. The van der Waals surface area contributed by atoms with Crippen LogP contribution in [0.2, 0.25) is 0 Å². The lowest BCUT2D eigenvalue weighted by molar-refractivity contribution is -0.152. The molecule has 1 aliphatic carbocycles. The molecule has 0 saturated carbocycles. The fraction of sp³-hybridized carbons (Fsp3) is 0.800. The van der Waals surface area contributed by atoms with Crippen molar-refractivity contribution in [2.45, 2.75) is 44.0 Å². The molecule has 2 rings (SSSR count). The molecule has 7 heteroatoms. The highest BCUT2D eigenvalue weighted by atomic mass is 16.8. The smallest absolute Gasteiger partial charge is 0.163 e. The summed E-state index contributed by atoms with van der Waals surface area (Å²) in [5, 5.41) is 22.7. The maximum atomic E-state index is 9.99. The molecule has 0 aromatic carbocycles. The molecule has 17 heavy (non-hydrogen) atoms. The van der Waals surface area contributed by atoms with Crippen LogP contribution in [0.3, 0.4) is 0 Å². The molecule has 0 aromatic rings. The van der Waals surface area contributed by atoms with Crippen LogP contribution in [0.5, 0.6) is 0 Å². The van der Waals surface area contributed by atoms with Gasteiger partial charge in [-0.1, -0.05) is 11.2 Å². The topological polar surface area (TPSA) is 108 Å². The second-order valence-electron chi connectivity index (χ2n) is 4.60. The fourth-order valence-electron chi connectivity index (χ4n) is 2.25. The number of hydrogen-bond donors (Lipinski definition) is 2. The van der Waals surface area contributed by atoms with Crippen molar-refractivity contribution >= 4 is 0 Å². The zero-order chi connectivity index (χ0) is 12.6. The number of nitrogens with zero attached hydrogens (tertiary/aromatic N) is 3. The highest BCUT2D eigenvalue weighted by Crippen LogP contribution is 2.37. The zero-order valence-corrected chi connectivity index (χ0v) is 9.65. The first-order chi connectivity index (χ1) is 7.98. The maximum Gasteiger partial charge on any atom is 0.163 e. The first-order valence-corrected chi connectivity index (χ1v) is 5.38. The lowest BCUT2D eigenvalue weighted by Crippen LogP contribution is -2.46. The summed E-state index contributed by atoms with van der Waals surface area (Å²) >= 11 is 0. The summed E-state index contributed by atoms with van der Waals surface area (Å²) in [6.45, 7) is 3.15. The van der Waals surface area contributed by atoms with E-state index in [9.17, 15) is 5.11 Å². The van der Waals surface area contributed by atoms with Crippen LogP contribution in [-0.2, 0) is 9.47 Å². The Labute approximate surface area is 98.3 Å². The minimum absolute atomic E-state index is 0.300. The largest absolute Gasteiger partial charge is 0.392 e. The third kappa shape index (κ3) is 2.15. The predicted molar refractivity (Wildman–Crippen MR) is 57.9 cm³/mol. The number of rotatable bonds is 2. The standard InChI is InChI=1S/C10H15N3O4/c1-10(2)16-8-6(12-13-11)3-5(4-14)7(15)9(8)17-10/h3,6-9,14-15H,4H2,1-2H3/t6-,7+,8-,9-/m0/s1. The van der Waals surface area contributed by atoms with Gasteiger partial charge in [0.15, 0.2) is 5.79 Å². The summed E-state index contributed by atoms with van der Waals surface area (Å²) < 4.78 is 11.2. The van der Waals surface area contributed by atoms with Crippen LogP contribution in [0.25, 0.3) is 10.4 Å². The minimum Gasteiger partial charge on any atom is -0.392 e. The molecule has 94 valence electrons. The van der Waals surface area contributed by atoms with Crippen molar-refractivity contribution in [1.82, 2.24) is 0 Å². The van der Waals surface area contributed by atoms with Crippen molar-refractivity contribution in [3.63, 3.8) is 0 Å². The Morgan fingerprint density at radius 2 is 2.12 bits per heavy atom. The molecule has 2 N–H and O–H groups in total. The molecule has 1 fully saturated rings. The van der Waals surface area contributed by atoms with Crippen LogP contribution in [0.1, 0.15) is 13.8 Å². The number of azide groups is 1. The second kappa shape index (κ2) is 4.29. The van der Waals surface area contributed by atoms with Crippen molar-refractivity contribution in [2.24, 2.45) is 5.11 Å². The van der Waals surface area contributed by atoms with Gasteiger partial charge in [0.1, 0.15) is 18.3 Å². The van der Waals surface area contributed by atoms with Crippen LogP contribution in [0, 0.1) is 0 Å². The number of fused-ring (bicyclic) bond motifs is 1. The average Bonchev–Trinajstić information content (AvgIpc) is 2.59. The fourth-order valence-corrected chi connectivity index (χ4v) is 2.25. The van der Waals surface area contributed by atoms with Gasteiger partial charge in [0.05, 0.1) is 12.6 Å². The highest BCUT2D eigenvalue weighted by Gasteiger charge is 2.50. The molecule has 1 heterocycles. The van der Waals surface area contributed by atoms with E-state index in [-0.39, 0.29) is 6.61 Å². The van der Waals surface area contributed by atoms with Crippen molar-refractivity contribution in [3.05, 3.63) is 22.1 Å². The van der Waals surface area contributed by atoms with Gasteiger partial charge in [-0.25, -0.2) is 0 Å². The van der Waals surface area contributed by atoms with Crippen LogP contribution >= 0.6 is 0 Å². The molecule has 4 atom stereocenters. The predicted octanol–water partition coefficient (Wildman–Crippen LogP) is 0.479. The van der Waals surface area contributed by atoms with Crippen LogP contribution in [-0.4, -0.2) is 47.0 Å². The Kier molecular flexibility index (Phi) is 3.11. The zero-order valence-electron chi connectivity index (χ0n) is 9.65. The molecular formula is C10H15N3O4. The van der Waals surface area contributed by atoms with Gasteiger partial charge in [-0.15, -0.1) is 0 Å². The van der Waals surface area contributed by atoms with Crippen molar-refractivity contribution in [3.8, 4) is 0 Å². The number of ether oxygens (including phenoxy) is 2. The Morgan fingerprint density at radius 3 is 2.71 bits per heavy atom. The minimum atomic E-state index is -0.933. The molecule has 1 saturated heterocycles. The molecular weight excluding hydrogens is 226 g/mol. The van der Waals surface area contributed by atoms with E-state index in [4.69, 9.17) is 20.1 Å². The van der Waals surface area contributed by atoms with Crippen molar-refractivity contribution in [2.75, 3.05) is 6.61 Å². The van der Waals surface area contributed by atoms with Gasteiger partial charge >= 0.3 is 0 Å². The molecule has 0 aromatic heterocycles. The van der Waals surface area contributed by atoms with Gasteiger partial charge in [-0.2, -0.15) is 0 Å². The van der Waals surface area contributed by atoms with Crippen LogP contribution < -0.4 is 0 Å². The number of aliphatic hydroxyl groups is 2. The van der Waals surface area contributed by atoms with E-state index in [1.807, 2.05) is 0 Å². The lowest BCUT2D eigenvalue weighted by Gasteiger charge is -2.31. The van der Waals surface area contributed by atoms with Gasteiger partial charge in [0.25, 0.3) is 0 Å². The molecule has 0 spiro atoms. The Hall–Kier alpha value is -1.11. The van der Waals surface area contributed by atoms with E-state index in [1.165, 1.54) is 6.08 Å². The van der Waals surface area contributed by atoms with Crippen molar-refractivity contribution in [1.29, 1.82) is 0 Å². The monoisotopic (exact) mass is 241 g/mol. The Morgan fingerprint density at radius 1 is 1.47 bits per heavy atom. The molecule has 0 amide bonds. The summed E-state index contributed by atoms with van der Waals surface area (Å²) in [4.78, 5) is 2.74. The summed E-state index contributed by atoms with van der Waals surface area (Å²) in [7, 11) is 0. The third-order valence-electron chi connectivity index (χ3n) is 2.94. The SMILES string of the molecule is CC1(C)O[C@@H]2[C@@H](O1)[C@H](O)C(CO)=C[C@@H]2N=[N+]=[N-]. The van der Waals surface area contributed by atoms with Gasteiger partial charge in [-0.3, -0.25) is 0 Å². The van der Waals surface area contributed by atoms with E-state index in [2.05, 4.69) is 10.0 Å². The third-order valence-corrected chi connectivity index (χ3v) is 2.94. The second-order valence-corrected chi connectivity index (χ2v) is 4.60. The molecule has 7 nitrogen and oxygen atoms in total. The van der Waals surface area contributed by atoms with Gasteiger partial charge in [0, 0.05) is 4.91 Å². The number of hydrogen-bond acceptors (Lipinski definition) is 5. The summed E-state index contributed by atoms with van der Waals surface area (Å²) in [6.07, 6.45) is -0.535. The van der Waals surface area contributed by atoms with E-state index < -0.39 is 30.1 Å². The first-order valence-electron chi connectivity index (χ1n) is 5.38. The average molecular weight is 241 g/mol. The van der Waals surface area contributed by atoms with E-state index >= 15 is 0 Å². The van der Waals surface area contributed by atoms with Gasteiger partial charge < -0.3 is 19.7 Å². The highest BCUT2D eigenvalue weighted by molar-refractivity contribution is 5.23. The van der Waals surface area contributed by atoms with Gasteiger partial charge in [-0.05, 0) is 25.0 Å². The van der Waals surface area contributed by atoms with E-state index in [0.717, 1.165) is 0 Å². The van der Waals surface area contributed by atoms with E-state index in [0.29, 0.717) is 5.57 Å². The Balaban J connectivity index is 2.34. The van der Waals surface area contributed by atoms with Crippen LogP contribution in [0.15, 0.2) is 16.8 Å². The molecule has 2 aliphatic rings. The molecule has 1 aliphatic heterocycles. The summed E-state index contributed by atoms with van der Waals surface area (Å²) in [5.41, 5.74) is 8.89. The lowest BCUT2D eigenvalue weighted by atomic mass is 9.89. The molecule has 0 unspecified atom stereocenters. The van der Waals surface area contributed by atoms with Crippen LogP contribution in [0.4, 0.5) is 0 Å². The van der Waals surface area contributed by atoms with Gasteiger partial charge in [0.2, 0.25) is 0 Å². The summed E-state index contributed by atoms with van der Waals surface area (Å²) in [6, 6.07) is -0.572. The normalized spacial score (nSPS) is 39.2. The quantitative estimate of drug-likeness (QED) is 0.317. The Bertz CT molecular complexity index is 389. The van der Waals surface area contributed by atoms with Crippen molar-refractivity contribution < 1.29 is 19.7 Å². The van der Waals surface area contributed by atoms with E-state index in [1.54, 1.807) is 13.8 Å². The number of aliphatic hydroxyl groups excluding tert-OH is 2. The molecule has 0 bridgehead atoms.